The first kappa shape index (κ1) is 20.6. The Bertz CT molecular complexity index is 867. The second-order valence-electron chi connectivity index (χ2n) is 5.48. The molecule has 0 aliphatic carbocycles. The number of hydrogen-bond donors (Lipinski definition) is 1. The van der Waals surface area contributed by atoms with Gasteiger partial charge in [0, 0.05) is 18.7 Å². The number of carbonyl (C=O) groups excluding carboxylic acids is 1. The number of benzene rings is 2. The molecule has 0 aromatic heterocycles. The van der Waals surface area contributed by atoms with Gasteiger partial charge in [-0.25, -0.2) is 0 Å². The third-order valence-corrected chi connectivity index (χ3v) is 3.37. The topological polar surface area (TPSA) is 125 Å². The van der Waals surface area contributed by atoms with Crippen LogP contribution in [0.3, 0.4) is 0 Å². The molecule has 2 aromatic carbocycles. The van der Waals surface area contributed by atoms with E-state index in [1.807, 2.05) is 0 Å². The van der Waals surface area contributed by atoms with Gasteiger partial charge in [-0.3, -0.25) is 25.0 Å². The van der Waals surface area contributed by atoms with Crippen LogP contribution >= 0.6 is 0 Å². The second-order valence-corrected chi connectivity index (χ2v) is 5.48. The van der Waals surface area contributed by atoms with E-state index in [2.05, 4.69) is 10.1 Å². The number of nitro benzene ring substituents is 2. The Morgan fingerprint density at radius 3 is 2.00 bits per heavy atom. The van der Waals surface area contributed by atoms with E-state index in [1.165, 1.54) is 24.3 Å². The minimum Gasteiger partial charge on any atom is -0.484 e. The smallest absolute Gasteiger partial charge is 0.422 e. The van der Waals surface area contributed by atoms with Gasteiger partial charge < -0.3 is 10.1 Å². The Hall–Kier alpha value is -3.70. The summed E-state index contributed by atoms with van der Waals surface area (Å²) in [6, 6.07) is 7.93. The number of rotatable bonds is 7. The molecule has 0 bridgehead atoms. The first-order valence-corrected chi connectivity index (χ1v) is 7.56. The molecule has 0 aliphatic rings. The van der Waals surface area contributed by atoms with Crippen molar-refractivity contribution in [2.24, 2.45) is 0 Å². The van der Waals surface area contributed by atoms with Gasteiger partial charge in [-0.1, -0.05) is 12.1 Å². The number of nitrogens with zero attached hydrogens (tertiary/aromatic N) is 2. The molecule has 2 rings (SSSR count). The van der Waals surface area contributed by atoms with Gasteiger partial charge in [0.2, 0.25) is 0 Å². The molecule has 0 atom stereocenters. The average molecular weight is 399 g/mol. The Labute approximate surface area is 155 Å². The third kappa shape index (κ3) is 5.93. The van der Waals surface area contributed by atoms with E-state index in [9.17, 15) is 38.2 Å². The van der Waals surface area contributed by atoms with Crippen molar-refractivity contribution in [3.8, 4) is 5.75 Å². The van der Waals surface area contributed by atoms with Crippen molar-refractivity contribution in [3.63, 3.8) is 0 Å². The summed E-state index contributed by atoms with van der Waals surface area (Å²) in [5, 5.41) is 24.1. The monoisotopic (exact) mass is 399 g/mol. The van der Waals surface area contributed by atoms with Crippen molar-refractivity contribution in [1.29, 1.82) is 0 Å². The predicted octanol–water partition coefficient (Wildman–Crippen LogP) is 3.37. The van der Waals surface area contributed by atoms with Crippen LogP contribution in [0.5, 0.6) is 5.75 Å². The van der Waals surface area contributed by atoms with E-state index < -0.39 is 39.9 Å². The quantitative estimate of drug-likeness (QED) is 0.562. The predicted molar refractivity (Wildman–Crippen MR) is 88.9 cm³/mol. The summed E-state index contributed by atoms with van der Waals surface area (Å²) >= 11 is 0. The number of halogens is 3. The minimum absolute atomic E-state index is 0.0123. The molecule has 0 unspecified atom stereocenters. The van der Waals surface area contributed by atoms with Crippen LogP contribution in [0, 0.1) is 20.2 Å². The number of ether oxygens (including phenoxy) is 1. The number of nitro groups is 2. The van der Waals surface area contributed by atoms with E-state index in [-0.39, 0.29) is 17.9 Å². The average Bonchev–Trinajstić information content (AvgIpc) is 2.64. The van der Waals surface area contributed by atoms with E-state index in [0.29, 0.717) is 5.56 Å². The normalized spacial score (nSPS) is 11.0. The fourth-order valence-corrected chi connectivity index (χ4v) is 2.09. The summed E-state index contributed by atoms with van der Waals surface area (Å²) in [4.78, 5) is 32.1. The lowest BCUT2D eigenvalue weighted by Crippen LogP contribution is -2.23. The standard InChI is InChI=1S/C16H12F3N3O6/c17-16(18,19)9-28-14-3-1-10(2-4-14)8-20-15(23)11-5-12(21(24)25)7-13(6-11)22(26)27/h1-7H,8-9H2,(H,20,23). The summed E-state index contributed by atoms with van der Waals surface area (Å²) in [6.07, 6.45) is -4.46. The fraction of sp³-hybridized carbons (Fsp3) is 0.188. The first-order valence-electron chi connectivity index (χ1n) is 7.56. The molecule has 28 heavy (non-hydrogen) atoms. The molecule has 148 valence electrons. The lowest BCUT2D eigenvalue weighted by molar-refractivity contribution is -0.394. The number of carbonyl (C=O) groups is 1. The molecule has 0 aliphatic heterocycles. The zero-order valence-electron chi connectivity index (χ0n) is 13.9. The highest BCUT2D eigenvalue weighted by Gasteiger charge is 2.28. The molecule has 1 N–H and O–H groups in total. The van der Waals surface area contributed by atoms with Crippen molar-refractivity contribution in [2.75, 3.05) is 6.61 Å². The van der Waals surface area contributed by atoms with E-state index in [1.54, 1.807) is 0 Å². The van der Waals surface area contributed by atoms with Crippen molar-refractivity contribution in [1.82, 2.24) is 5.32 Å². The van der Waals surface area contributed by atoms with E-state index in [0.717, 1.165) is 18.2 Å². The molecule has 1 amide bonds. The minimum atomic E-state index is -4.46. The van der Waals surface area contributed by atoms with Gasteiger partial charge in [-0.2, -0.15) is 13.2 Å². The lowest BCUT2D eigenvalue weighted by Gasteiger charge is -2.10. The zero-order valence-corrected chi connectivity index (χ0v) is 13.9. The number of nitrogens with one attached hydrogen (secondary N) is 1. The SMILES string of the molecule is O=C(NCc1ccc(OCC(F)(F)F)cc1)c1cc([N+](=O)[O-])cc([N+](=O)[O-])c1. The molecule has 9 nitrogen and oxygen atoms in total. The van der Waals surface area contributed by atoms with Crippen LogP contribution in [0.4, 0.5) is 24.5 Å². The van der Waals surface area contributed by atoms with Crippen LogP contribution in [-0.2, 0) is 6.54 Å². The van der Waals surface area contributed by atoms with Gasteiger partial charge >= 0.3 is 6.18 Å². The molecular formula is C16H12F3N3O6. The van der Waals surface area contributed by atoms with Crippen LogP contribution in [0.15, 0.2) is 42.5 Å². The Kier molecular flexibility index (Phi) is 6.13. The summed E-state index contributed by atoms with van der Waals surface area (Å²) in [7, 11) is 0. The summed E-state index contributed by atoms with van der Waals surface area (Å²) in [6.45, 7) is -1.50. The van der Waals surface area contributed by atoms with Crippen molar-refractivity contribution in [3.05, 3.63) is 73.8 Å². The molecule has 0 saturated heterocycles. The van der Waals surface area contributed by atoms with Crippen LogP contribution in [-0.4, -0.2) is 28.5 Å². The van der Waals surface area contributed by atoms with Gasteiger partial charge in [0.1, 0.15) is 5.75 Å². The van der Waals surface area contributed by atoms with Gasteiger partial charge in [0.05, 0.1) is 21.5 Å². The summed E-state index contributed by atoms with van der Waals surface area (Å²) < 4.78 is 40.8. The zero-order chi connectivity index (χ0) is 20.9. The largest absolute Gasteiger partial charge is 0.484 e. The maximum Gasteiger partial charge on any atom is 0.422 e. The molecule has 2 aromatic rings. The Morgan fingerprint density at radius 1 is 1.00 bits per heavy atom. The molecule has 0 fully saturated rings. The number of amides is 1. The van der Waals surface area contributed by atoms with Crippen LogP contribution < -0.4 is 10.1 Å². The fourth-order valence-electron chi connectivity index (χ4n) is 2.09. The second kappa shape index (κ2) is 8.33. The van der Waals surface area contributed by atoms with Crippen molar-refractivity contribution >= 4 is 17.3 Å². The number of hydrogen-bond acceptors (Lipinski definition) is 6. The maximum atomic E-state index is 12.1. The maximum absolute atomic E-state index is 12.1. The summed E-state index contributed by atoms with van der Waals surface area (Å²) in [5.74, 6) is -0.800. The van der Waals surface area contributed by atoms with E-state index in [4.69, 9.17) is 0 Å². The van der Waals surface area contributed by atoms with Gasteiger partial charge in [-0.05, 0) is 17.7 Å². The third-order valence-electron chi connectivity index (χ3n) is 3.37. The molecule has 0 saturated carbocycles. The van der Waals surface area contributed by atoms with Gasteiger partial charge in [-0.15, -0.1) is 0 Å². The van der Waals surface area contributed by atoms with E-state index >= 15 is 0 Å². The number of non-ortho nitro benzene ring substituents is 2. The van der Waals surface area contributed by atoms with Crippen LogP contribution in [0.2, 0.25) is 0 Å². The molecular weight excluding hydrogens is 387 g/mol. The lowest BCUT2D eigenvalue weighted by atomic mass is 10.1. The highest BCUT2D eigenvalue weighted by molar-refractivity contribution is 5.95. The Morgan fingerprint density at radius 2 is 1.54 bits per heavy atom. The number of alkyl halides is 3. The molecule has 0 spiro atoms. The Balaban J connectivity index is 2.04. The molecule has 0 radical (unpaired) electrons. The summed E-state index contributed by atoms with van der Waals surface area (Å²) in [5.41, 5.74) is -0.977. The van der Waals surface area contributed by atoms with Crippen LogP contribution in [0.1, 0.15) is 15.9 Å². The van der Waals surface area contributed by atoms with Gasteiger partial charge in [0.15, 0.2) is 6.61 Å². The van der Waals surface area contributed by atoms with Crippen molar-refractivity contribution in [2.45, 2.75) is 12.7 Å². The highest BCUT2D eigenvalue weighted by atomic mass is 19.4. The van der Waals surface area contributed by atoms with Crippen molar-refractivity contribution < 1.29 is 32.5 Å². The highest BCUT2D eigenvalue weighted by Crippen LogP contribution is 2.23. The molecule has 12 heteroatoms. The molecule has 0 heterocycles. The van der Waals surface area contributed by atoms with Crippen LogP contribution in [0.25, 0.3) is 0 Å². The first-order chi connectivity index (χ1) is 13.0. The van der Waals surface area contributed by atoms with Gasteiger partial charge in [0.25, 0.3) is 17.3 Å².